The van der Waals surface area contributed by atoms with Crippen molar-refractivity contribution in [3.63, 3.8) is 0 Å². The molecule has 1 aliphatic rings. The second-order valence-electron chi connectivity index (χ2n) is 2.86. The minimum absolute atomic E-state index is 0.405. The molecule has 1 rings (SSSR count). The van der Waals surface area contributed by atoms with Crippen LogP contribution in [0.15, 0.2) is 11.6 Å². The van der Waals surface area contributed by atoms with Gasteiger partial charge >= 0.3 is 0 Å². The summed E-state index contributed by atoms with van der Waals surface area (Å²) in [6, 6.07) is 0. The summed E-state index contributed by atoms with van der Waals surface area (Å²) in [5.41, 5.74) is 1.46. The van der Waals surface area contributed by atoms with Gasteiger partial charge in [-0.2, -0.15) is 0 Å². The number of allylic oxidation sites excluding steroid dienone is 1. The molecule has 64 valence electrons. The van der Waals surface area contributed by atoms with Crippen molar-refractivity contribution >= 4 is 15.9 Å². The molecule has 11 heavy (non-hydrogen) atoms. The Hall–Kier alpha value is 0.180. The number of hydrogen-bond acceptors (Lipinski definition) is 1. The zero-order valence-electron chi connectivity index (χ0n) is 6.98. The van der Waals surface area contributed by atoms with Crippen molar-refractivity contribution in [3.8, 4) is 0 Å². The van der Waals surface area contributed by atoms with Crippen LogP contribution in [-0.4, -0.2) is 18.0 Å². The number of alkyl halides is 1. The monoisotopic (exact) mass is 218 g/mol. The standard InChI is InChI=1S/C9H15BrO/c1-2-8(7-10)6-9-4-3-5-11-9/h6,9H,2-5,7H2,1H3/b8-6+. The van der Waals surface area contributed by atoms with E-state index in [1.165, 1.54) is 18.4 Å². The van der Waals surface area contributed by atoms with E-state index in [1.54, 1.807) is 0 Å². The average molecular weight is 219 g/mol. The first-order valence-electron chi connectivity index (χ1n) is 4.24. The van der Waals surface area contributed by atoms with Gasteiger partial charge in [0.25, 0.3) is 0 Å². The minimum atomic E-state index is 0.405. The third-order valence-electron chi connectivity index (χ3n) is 2.01. The van der Waals surface area contributed by atoms with Crippen LogP contribution in [-0.2, 0) is 4.74 Å². The molecule has 0 aromatic carbocycles. The Bertz CT molecular complexity index is 130. The molecule has 1 unspecified atom stereocenters. The second kappa shape index (κ2) is 4.94. The van der Waals surface area contributed by atoms with E-state index >= 15 is 0 Å². The first-order chi connectivity index (χ1) is 5.36. The molecular formula is C9H15BrO. The Balaban J connectivity index is 2.40. The molecule has 0 saturated carbocycles. The molecule has 0 spiro atoms. The lowest BCUT2D eigenvalue weighted by Crippen LogP contribution is -2.01. The van der Waals surface area contributed by atoms with Crippen molar-refractivity contribution in [1.29, 1.82) is 0 Å². The van der Waals surface area contributed by atoms with Gasteiger partial charge in [-0.25, -0.2) is 0 Å². The molecule has 0 aromatic rings. The van der Waals surface area contributed by atoms with Gasteiger partial charge in [0, 0.05) is 11.9 Å². The van der Waals surface area contributed by atoms with Crippen molar-refractivity contribution in [2.45, 2.75) is 32.3 Å². The molecule has 1 atom stereocenters. The van der Waals surface area contributed by atoms with E-state index in [0.717, 1.165) is 18.4 Å². The highest BCUT2D eigenvalue weighted by molar-refractivity contribution is 9.09. The first-order valence-corrected chi connectivity index (χ1v) is 5.36. The Morgan fingerprint density at radius 2 is 2.55 bits per heavy atom. The summed E-state index contributed by atoms with van der Waals surface area (Å²) in [4.78, 5) is 0. The molecule has 2 heteroatoms. The molecule has 1 saturated heterocycles. The van der Waals surface area contributed by atoms with E-state index in [9.17, 15) is 0 Å². The summed E-state index contributed by atoms with van der Waals surface area (Å²) in [5, 5.41) is 0.989. The van der Waals surface area contributed by atoms with Gasteiger partial charge in [0.05, 0.1) is 6.10 Å². The van der Waals surface area contributed by atoms with E-state index in [0.29, 0.717) is 6.10 Å². The molecule has 1 fully saturated rings. The van der Waals surface area contributed by atoms with Crippen LogP contribution in [0.5, 0.6) is 0 Å². The summed E-state index contributed by atoms with van der Waals surface area (Å²) < 4.78 is 5.49. The lowest BCUT2D eigenvalue weighted by atomic mass is 10.1. The van der Waals surface area contributed by atoms with Gasteiger partial charge in [-0.3, -0.25) is 0 Å². The number of ether oxygens (including phenoxy) is 1. The fraction of sp³-hybridized carbons (Fsp3) is 0.778. The molecule has 0 aliphatic carbocycles. The summed E-state index contributed by atoms with van der Waals surface area (Å²) in [7, 11) is 0. The summed E-state index contributed by atoms with van der Waals surface area (Å²) in [5.74, 6) is 0. The van der Waals surface area contributed by atoms with Gasteiger partial charge in [0.15, 0.2) is 0 Å². The predicted molar refractivity (Wildman–Crippen MR) is 51.1 cm³/mol. The smallest absolute Gasteiger partial charge is 0.0759 e. The van der Waals surface area contributed by atoms with E-state index in [-0.39, 0.29) is 0 Å². The molecule has 0 radical (unpaired) electrons. The quantitative estimate of drug-likeness (QED) is 0.523. The maximum absolute atomic E-state index is 5.49. The van der Waals surface area contributed by atoms with Gasteiger partial charge in [-0.1, -0.05) is 34.5 Å². The minimum Gasteiger partial charge on any atom is -0.374 e. The van der Waals surface area contributed by atoms with Crippen molar-refractivity contribution in [2.24, 2.45) is 0 Å². The lowest BCUT2D eigenvalue weighted by Gasteiger charge is -2.05. The SMILES string of the molecule is CC/C(=C\C1CCCO1)CBr. The number of rotatable bonds is 3. The van der Waals surface area contributed by atoms with E-state index in [1.807, 2.05) is 0 Å². The molecule has 0 amide bonds. The van der Waals surface area contributed by atoms with Crippen LogP contribution >= 0.6 is 15.9 Å². The summed E-state index contributed by atoms with van der Waals surface area (Å²) in [6.07, 6.45) is 6.23. The van der Waals surface area contributed by atoms with Crippen molar-refractivity contribution < 1.29 is 4.74 Å². The van der Waals surface area contributed by atoms with Crippen LogP contribution in [0.4, 0.5) is 0 Å². The molecule has 1 aliphatic heterocycles. The number of hydrogen-bond donors (Lipinski definition) is 0. The van der Waals surface area contributed by atoms with Crippen molar-refractivity contribution in [1.82, 2.24) is 0 Å². The molecule has 1 heterocycles. The van der Waals surface area contributed by atoms with E-state index in [4.69, 9.17) is 4.74 Å². The van der Waals surface area contributed by atoms with E-state index in [2.05, 4.69) is 28.9 Å². The summed E-state index contributed by atoms with van der Waals surface area (Å²) >= 11 is 3.46. The third kappa shape index (κ3) is 2.96. The Labute approximate surface area is 76.9 Å². The largest absolute Gasteiger partial charge is 0.374 e. The van der Waals surface area contributed by atoms with Crippen molar-refractivity contribution in [3.05, 3.63) is 11.6 Å². The van der Waals surface area contributed by atoms with Gasteiger partial charge in [-0.15, -0.1) is 0 Å². The Morgan fingerprint density at radius 3 is 3.00 bits per heavy atom. The molecule has 0 N–H and O–H groups in total. The normalized spacial score (nSPS) is 26.0. The van der Waals surface area contributed by atoms with Gasteiger partial charge in [0.1, 0.15) is 0 Å². The zero-order chi connectivity index (χ0) is 8.10. The second-order valence-corrected chi connectivity index (χ2v) is 3.42. The van der Waals surface area contributed by atoms with Crippen LogP contribution in [0.3, 0.4) is 0 Å². The Morgan fingerprint density at radius 1 is 1.73 bits per heavy atom. The lowest BCUT2D eigenvalue weighted by molar-refractivity contribution is 0.145. The first kappa shape index (κ1) is 9.27. The molecular weight excluding hydrogens is 204 g/mol. The molecule has 1 nitrogen and oxygen atoms in total. The predicted octanol–water partition coefficient (Wildman–Crippen LogP) is 2.90. The molecule has 0 bridgehead atoms. The summed E-state index contributed by atoms with van der Waals surface area (Å²) in [6.45, 7) is 3.13. The number of halogens is 1. The van der Waals surface area contributed by atoms with Crippen LogP contribution < -0.4 is 0 Å². The zero-order valence-corrected chi connectivity index (χ0v) is 8.56. The van der Waals surface area contributed by atoms with E-state index < -0.39 is 0 Å². The fourth-order valence-electron chi connectivity index (χ4n) is 1.25. The van der Waals surface area contributed by atoms with Crippen LogP contribution in [0.1, 0.15) is 26.2 Å². The van der Waals surface area contributed by atoms with Crippen molar-refractivity contribution in [2.75, 3.05) is 11.9 Å². The highest BCUT2D eigenvalue weighted by Gasteiger charge is 2.12. The maximum atomic E-state index is 5.49. The highest BCUT2D eigenvalue weighted by Crippen LogP contribution is 2.16. The Kier molecular flexibility index (Phi) is 4.16. The van der Waals surface area contributed by atoms with Crippen LogP contribution in [0, 0.1) is 0 Å². The fourth-order valence-corrected chi connectivity index (χ4v) is 1.84. The van der Waals surface area contributed by atoms with Gasteiger partial charge in [0.2, 0.25) is 0 Å². The molecule has 0 aromatic heterocycles. The topological polar surface area (TPSA) is 9.23 Å². The average Bonchev–Trinajstić information content (AvgIpc) is 2.52. The van der Waals surface area contributed by atoms with Gasteiger partial charge in [-0.05, 0) is 19.3 Å². The van der Waals surface area contributed by atoms with Crippen LogP contribution in [0.25, 0.3) is 0 Å². The van der Waals surface area contributed by atoms with Gasteiger partial charge < -0.3 is 4.74 Å². The van der Waals surface area contributed by atoms with Crippen LogP contribution in [0.2, 0.25) is 0 Å². The highest BCUT2D eigenvalue weighted by atomic mass is 79.9. The third-order valence-corrected chi connectivity index (χ3v) is 2.73. The maximum Gasteiger partial charge on any atom is 0.0759 e.